The van der Waals surface area contributed by atoms with E-state index in [2.05, 4.69) is 0 Å². The molecule has 0 spiro atoms. The van der Waals surface area contributed by atoms with E-state index < -0.39 is 0 Å². The van der Waals surface area contributed by atoms with Crippen LogP contribution in [-0.4, -0.2) is 36.0 Å². The number of likely N-dealkylation sites (N-methyl/N-ethyl adjacent to an activating group) is 1. The summed E-state index contributed by atoms with van der Waals surface area (Å²) in [4.78, 5) is 13.9. The van der Waals surface area contributed by atoms with Gasteiger partial charge in [0.25, 0.3) is 5.91 Å². The Morgan fingerprint density at radius 3 is 2.35 bits per heavy atom. The normalized spacial score (nSPS) is 10.2. The second-order valence-electron chi connectivity index (χ2n) is 5.05. The Morgan fingerprint density at radius 2 is 1.85 bits per heavy atom. The van der Waals surface area contributed by atoms with Crippen LogP contribution in [0, 0.1) is 20.8 Å². The summed E-state index contributed by atoms with van der Waals surface area (Å²) in [5.41, 5.74) is 8.69. The summed E-state index contributed by atoms with van der Waals surface area (Å²) < 4.78 is 5.66. The zero-order valence-corrected chi connectivity index (χ0v) is 13.3. The van der Waals surface area contributed by atoms with Crippen molar-refractivity contribution in [1.29, 1.82) is 0 Å². The topological polar surface area (TPSA) is 55.6 Å². The summed E-state index contributed by atoms with van der Waals surface area (Å²) >= 11 is 4.80. The predicted molar refractivity (Wildman–Crippen MR) is 85.2 cm³/mol. The number of aryl methyl sites for hydroxylation is 3. The monoisotopic (exact) mass is 294 g/mol. The molecule has 0 saturated heterocycles. The zero-order chi connectivity index (χ0) is 15.3. The maximum absolute atomic E-state index is 11.9. The molecule has 4 nitrogen and oxygen atoms in total. The maximum Gasteiger partial charge on any atom is 0.260 e. The smallest absolute Gasteiger partial charge is 0.260 e. The van der Waals surface area contributed by atoms with Crippen molar-refractivity contribution < 1.29 is 9.53 Å². The molecule has 0 radical (unpaired) electrons. The van der Waals surface area contributed by atoms with Gasteiger partial charge in [-0.1, -0.05) is 29.9 Å². The van der Waals surface area contributed by atoms with Crippen LogP contribution in [-0.2, 0) is 4.79 Å². The molecular formula is C15H22N2O2S. The zero-order valence-electron chi connectivity index (χ0n) is 12.5. The number of rotatable bonds is 6. The summed E-state index contributed by atoms with van der Waals surface area (Å²) in [6.07, 6.45) is 0.528. The third kappa shape index (κ3) is 4.81. The van der Waals surface area contributed by atoms with E-state index in [1.807, 2.05) is 32.9 Å². The lowest BCUT2D eigenvalue weighted by Gasteiger charge is -2.18. The van der Waals surface area contributed by atoms with Gasteiger partial charge in [0, 0.05) is 20.0 Å². The third-order valence-electron chi connectivity index (χ3n) is 3.06. The van der Waals surface area contributed by atoms with Crippen LogP contribution in [0.15, 0.2) is 12.1 Å². The molecule has 0 aliphatic rings. The molecule has 0 atom stereocenters. The van der Waals surface area contributed by atoms with E-state index in [4.69, 9.17) is 22.7 Å². The SMILES string of the molecule is Cc1cc(C)c(OCC(=O)N(C)CCC(N)=S)c(C)c1. The number of ether oxygens (including phenoxy) is 1. The standard InChI is InChI=1S/C15H22N2O2S/c1-10-7-11(2)15(12(3)8-10)19-9-14(18)17(4)6-5-13(16)20/h7-8H,5-6,9H2,1-4H3,(H2,16,20). The van der Waals surface area contributed by atoms with E-state index >= 15 is 0 Å². The Labute approximate surface area is 125 Å². The van der Waals surface area contributed by atoms with Crippen molar-refractivity contribution in [2.24, 2.45) is 5.73 Å². The molecule has 5 heteroatoms. The second-order valence-corrected chi connectivity index (χ2v) is 5.57. The molecule has 1 aromatic rings. The van der Waals surface area contributed by atoms with Crippen molar-refractivity contribution in [2.75, 3.05) is 20.2 Å². The highest BCUT2D eigenvalue weighted by molar-refractivity contribution is 7.80. The highest BCUT2D eigenvalue weighted by atomic mass is 32.1. The van der Waals surface area contributed by atoms with Gasteiger partial charge in [0.05, 0.1) is 4.99 Å². The van der Waals surface area contributed by atoms with Gasteiger partial charge in [-0.15, -0.1) is 0 Å². The van der Waals surface area contributed by atoms with E-state index in [1.165, 1.54) is 5.56 Å². The number of amides is 1. The van der Waals surface area contributed by atoms with Crippen molar-refractivity contribution >= 4 is 23.1 Å². The lowest BCUT2D eigenvalue weighted by atomic mass is 10.1. The van der Waals surface area contributed by atoms with Gasteiger partial charge < -0.3 is 15.4 Å². The van der Waals surface area contributed by atoms with Crippen LogP contribution in [0.2, 0.25) is 0 Å². The Kier molecular flexibility index (Phi) is 5.95. The van der Waals surface area contributed by atoms with Gasteiger partial charge in [-0.05, 0) is 31.9 Å². The van der Waals surface area contributed by atoms with E-state index in [-0.39, 0.29) is 12.5 Å². The van der Waals surface area contributed by atoms with Crippen molar-refractivity contribution in [3.63, 3.8) is 0 Å². The molecule has 0 unspecified atom stereocenters. The fourth-order valence-corrected chi connectivity index (χ4v) is 2.13. The van der Waals surface area contributed by atoms with Gasteiger partial charge in [0.1, 0.15) is 5.75 Å². The van der Waals surface area contributed by atoms with E-state index in [0.717, 1.165) is 16.9 Å². The molecule has 0 fully saturated rings. The maximum atomic E-state index is 11.9. The van der Waals surface area contributed by atoms with Gasteiger partial charge >= 0.3 is 0 Å². The van der Waals surface area contributed by atoms with Crippen LogP contribution in [0.5, 0.6) is 5.75 Å². The molecule has 0 aromatic heterocycles. The minimum absolute atomic E-state index is 0.0264. The molecule has 20 heavy (non-hydrogen) atoms. The second kappa shape index (κ2) is 7.24. The molecule has 0 aliphatic heterocycles. The average Bonchev–Trinajstić information content (AvgIpc) is 2.34. The van der Waals surface area contributed by atoms with Gasteiger partial charge in [-0.25, -0.2) is 0 Å². The van der Waals surface area contributed by atoms with Crippen LogP contribution in [0.25, 0.3) is 0 Å². The average molecular weight is 294 g/mol. The lowest BCUT2D eigenvalue weighted by Crippen LogP contribution is -2.33. The van der Waals surface area contributed by atoms with E-state index in [9.17, 15) is 4.79 Å². The number of benzene rings is 1. The number of thiocarbonyl (C=S) groups is 1. The first-order chi connectivity index (χ1) is 9.31. The van der Waals surface area contributed by atoms with E-state index in [0.29, 0.717) is 18.0 Å². The van der Waals surface area contributed by atoms with Crippen LogP contribution in [0.4, 0.5) is 0 Å². The van der Waals surface area contributed by atoms with Gasteiger partial charge in [0.15, 0.2) is 6.61 Å². The molecule has 1 aromatic carbocycles. The van der Waals surface area contributed by atoms with Gasteiger partial charge in [0.2, 0.25) is 0 Å². The van der Waals surface area contributed by atoms with Crippen molar-refractivity contribution in [3.8, 4) is 5.75 Å². The number of hydrogen-bond donors (Lipinski definition) is 1. The first-order valence-electron chi connectivity index (χ1n) is 6.54. The van der Waals surface area contributed by atoms with Crippen molar-refractivity contribution in [2.45, 2.75) is 27.2 Å². The molecular weight excluding hydrogens is 272 g/mol. The molecule has 2 N–H and O–H groups in total. The minimum Gasteiger partial charge on any atom is -0.483 e. The van der Waals surface area contributed by atoms with Gasteiger partial charge in [-0.2, -0.15) is 0 Å². The summed E-state index contributed by atoms with van der Waals surface area (Å²) in [7, 11) is 1.72. The molecule has 0 bridgehead atoms. The fourth-order valence-electron chi connectivity index (χ4n) is 2.04. The molecule has 1 amide bonds. The lowest BCUT2D eigenvalue weighted by molar-refractivity contribution is -0.131. The Hall–Kier alpha value is -1.62. The number of carbonyl (C=O) groups is 1. The summed E-state index contributed by atoms with van der Waals surface area (Å²) in [5.74, 6) is 0.701. The third-order valence-corrected chi connectivity index (χ3v) is 3.27. The Bertz CT molecular complexity index is 492. The quantitative estimate of drug-likeness (QED) is 0.817. The Morgan fingerprint density at radius 1 is 1.30 bits per heavy atom. The number of nitrogens with zero attached hydrogens (tertiary/aromatic N) is 1. The summed E-state index contributed by atoms with van der Waals surface area (Å²) in [6, 6.07) is 4.09. The first kappa shape index (κ1) is 16.4. The highest BCUT2D eigenvalue weighted by Gasteiger charge is 2.12. The number of hydrogen-bond acceptors (Lipinski definition) is 3. The highest BCUT2D eigenvalue weighted by Crippen LogP contribution is 2.24. The Balaban J connectivity index is 2.59. The summed E-state index contributed by atoms with van der Waals surface area (Å²) in [5, 5.41) is 0. The summed E-state index contributed by atoms with van der Waals surface area (Å²) in [6.45, 7) is 6.55. The minimum atomic E-state index is -0.0828. The largest absolute Gasteiger partial charge is 0.483 e. The van der Waals surface area contributed by atoms with Crippen LogP contribution in [0.3, 0.4) is 0 Å². The number of nitrogens with two attached hydrogens (primary N) is 1. The molecule has 0 saturated carbocycles. The fraction of sp³-hybridized carbons (Fsp3) is 0.467. The van der Waals surface area contributed by atoms with Gasteiger partial charge in [-0.3, -0.25) is 4.79 Å². The van der Waals surface area contributed by atoms with Crippen LogP contribution in [0.1, 0.15) is 23.1 Å². The first-order valence-corrected chi connectivity index (χ1v) is 6.95. The molecule has 110 valence electrons. The van der Waals surface area contributed by atoms with Crippen LogP contribution < -0.4 is 10.5 Å². The molecule has 0 aliphatic carbocycles. The number of carbonyl (C=O) groups excluding carboxylic acids is 1. The van der Waals surface area contributed by atoms with E-state index in [1.54, 1.807) is 11.9 Å². The van der Waals surface area contributed by atoms with Crippen molar-refractivity contribution in [1.82, 2.24) is 4.90 Å². The van der Waals surface area contributed by atoms with Crippen molar-refractivity contribution in [3.05, 3.63) is 28.8 Å². The predicted octanol–water partition coefficient (Wildman–Crippen LogP) is 2.13. The van der Waals surface area contributed by atoms with Crippen LogP contribution >= 0.6 is 12.2 Å². The molecule has 1 rings (SSSR count). The molecule has 0 heterocycles.